The highest BCUT2D eigenvalue weighted by Gasteiger charge is 2.13. The zero-order valence-electron chi connectivity index (χ0n) is 12.8. The van der Waals surface area contributed by atoms with Gasteiger partial charge in [0.25, 0.3) is 0 Å². The molecule has 0 aliphatic rings. The van der Waals surface area contributed by atoms with Gasteiger partial charge in [-0.2, -0.15) is 0 Å². The predicted molar refractivity (Wildman–Crippen MR) is 96.3 cm³/mol. The molecular weight excluding hydrogens is 326 g/mol. The largest absolute Gasteiger partial charge is 0.366 e. The van der Waals surface area contributed by atoms with Crippen molar-refractivity contribution in [2.24, 2.45) is 5.73 Å². The first-order valence-corrected chi connectivity index (χ1v) is 7.50. The van der Waals surface area contributed by atoms with Crippen molar-refractivity contribution in [1.29, 1.82) is 0 Å². The summed E-state index contributed by atoms with van der Waals surface area (Å²) in [6, 6.07) is 11.2. The summed E-state index contributed by atoms with van der Waals surface area (Å²) in [5, 5.41) is 2.74. The molecule has 0 saturated heterocycles. The number of aryl methyl sites for hydroxylation is 1. The third kappa shape index (κ3) is 3.18. The van der Waals surface area contributed by atoms with Gasteiger partial charge in [-0.05, 0) is 49.4 Å². The van der Waals surface area contributed by atoms with Crippen molar-refractivity contribution in [3.63, 3.8) is 0 Å². The molecule has 8 heteroatoms. The summed E-state index contributed by atoms with van der Waals surface area (Å²) in [7, 11) is 0. The number of rotatable bonds is 3. The molecule has 1 aromatic heterocycles. The summed E-state index contributed by atoms with van der Waals surface area (Å²) in [5.74, 6) is 0.276. The van der Waals surface area contributed by atoms with Gasteiger partial charge in [-0.15, -0.1) is 0 Å². The molecule has 3 aromatic rings. The second-order valence-corrected chi connectivity index (χ2v) is 5.61. The van der Waals surface area contributed by atoms with Crippen LogP contribution in [0, 0.1) is 6.92 Å². The third-order valence-corrected chi connectivity index (χ3v) is 3.85. The number of nitrogens with two attached hydrogens (primary N) is 1. The number of anilines is 2. The van der Waals surface area contributed by atoms with Gasteiger partial charge in [0.2, 0.25) is 5.91 Å². The van der Waals surface area contributed by atoms with Gasteiger partial charge in [-0.3, -0.25) is 4.79 Å². The van der Waals surface area contributed by atoms with Gasteiger partial charge in [-0.1, -0.05) is 12.8 Å². The second kappa shape index (κ2) is 6.25. The highest BCUT2D eigenvalue weighted by molar-refractivity contribution is 7.82. The fourth-order valence-corrected chi connectivity index (χ4v) is 2.46. The Morgan fingerprint density at radius 2 is 1.92 bits per heavy atom. The van der Waals surface area contributed by atoms with E-state index < -0.39 is 11.9 Å². The molecule has 7 nitrogen and oxygen atoms in total. The predicted octanol–water partition coefficient (Wildman–Crippen LogP) is 2.85. The first-order chi connectivity index (χ1) is 11.4. The van der Waals surface area contributed by atoms with Crippen molar-refractivity contribution < 1.29 is 9.59 Å². The van der Waals surface area contributed by atoms with E-state index in [1.807, 2.05) is 13.0 Å². The minimum absolute atomic E-state index is 0.361. The van der Waals surface area contributed by atoms with Crippen molar-refractivity contribution in [2.45, 2.75) is 6.92 Å². The van der Waals surface area contributed by atoms with Crippen LogP contribution in [-0.2, 0) is 0 Å². The molecular formula is C16H15N5O2S. The minimum Gasteiger partial charge on any atom is -0.366 e. The standard InChI is InChI=1S/C16H15N5O2S/c1-9-18-13-7-4-11(8-14(13)19-9)20-16(23)21(24)12-5-2-10(3-6-12)15(17)22/h2-8,24H,1H3,(H2,17,22)(H,18,19)(H,20,23). The van der Waals surface area contributed by atoms with E-state index in [-0.39, 0.29) is 0 Å². The summed E-state index contributed by atoms with van der Waals surface area (Å²) in [6.07, 6.45) is 0. The van der Waals surface area contributed by atoms with Crippen molar-refractivity contribution >= 4 is 47.2 Å². The van der Waals surface area contributed by atoms with Crippen LogP contribution in [0.5, 0.6) is 0 Å². The number of hydrogen-bond donors (Lipinski definition) is 4. The number of carbonyl (C=O) groups excluding carboxylic acids is 2. The maximum Gasteiger partial charge on any atom is 0.336 e. The molecule has 4 N–H and O–H groups in total. The Bertz CT molecular complexity index is 920. The highest BCUT2D eigenvalue weighted by Crippen LogP contribution is 2.21. The third-order valence-electron chi connectivity index (χ3n) is 3.44. The first-order valence-electron chi connectivity index (χ1n) is 7.10. The number of nitrogens with zero attached hydrogens (tertiary/aromatic N) is 2. The monoisotopic (exact) mass is 341 g/mol. The number of hydrogen-bond acceptors (Lipinski definition) is 4. The highest BCUT2D eigenvalue weighted by atomic mass is 32.1. The first kappa shape index (κ1) is 15.9. The van der Waals surface area contributed by atoms with Crippen LogP contribution in [-0.4, -0.2) is 21.9 Å². The Kier molecular flexibility index (Phi) is 4.13. The Hall–Kier alpha value is -3.00. The topological polar surface area (TPSA) is 104 Å². The van der Waals surface area contributed by atoms with E-state index in [2.05, 4.69) is 28.1 Å². The zero-order valence-corrected chi connectivity index (χ0v) is 13.7. The van der Waals surface area contributed by atoms with E-state index in [1.165, 1.54) is 12.1 Å². The van der Waals surface area contributed by atoms with Gasteiger partial charge >= 0.3 is 6.03 Å². The normalized spacial score (nSPS) is 10.6. The van der Waals surface area contributed by atoms with Gasteiger partial charge in [-0.25, -0.2) is 14.1 Å². The molecule has 3 amide bonds. The number of aromatic nitrogens is 2. The number of nitrogens with one attached hydrogen (secondary N) is 2. The number of primary amides is 1. The molecule has 24 heavy (non-hydrogen) atoms. The number of fused-ring (bicyclic) bond motifs is 1. The van der Waals surface area contributed by atoms with E-state index in [9.17, 15) is 9.59 Å². The van der Waals surface area contributed by atoms with Crippen LogP contribution < -0.4 is 15.4 Å². The summed E-state index contributed by atoms with van der Waals surface area (Å²) >= 11 is 4.19. The van der Waals surface area contributed by atoms with Gasteiger partial charge in [0.05, 0.1) is 16.7 Å². The van der Waals surface area contributed by atoms with Crippen molar-refractivity contribution in [2.75, 3.05) is 9.62 Å². The van der Waals surface area contributed by atoms with Crippen LogP contribution in [0.15, 0.2) is 42.5 Å². The zero-order chi connectivity index (χ0) is 17.3. The van der Waals surface area contributed by atoms with Crippen molar-refractivity contribution in [1.82, 2.24) is 9.97 Å². The fraction of sp³-hybridized carbons (Fsp3) is 0.0625. The average Bonchev–Trinajstić information content (AvgIpc) is 2.93. The summed E-state index contributed by atoms with van der Waals surface area (Å²) < 4.78 is 1.14. The lowest BCUT2D eigenvalue weighted by Crippen LogP contribution is -2.26. The molecule has 122 valence electrons. The van der Waals surface area contributed by atoms with Gasteiger partial charge < -0.3 is 16.0 Å². The molecule has 0 spiro atoms. The quantitative estimate of drug-likeness (QED) is 0.551. The number of imidazole rings is 1. The number of amides is 3. The Balaban J connectivity index is 1.75. The number of urea groups is 1. The number of carbonyl (C=O) groups is 2. The molecule has 3 rings (SSSR count). The number of aromatic amines is 1. The van der Waals surface area contributed by atoms with Gasteiger partial charge in [0, 0.05) is 11.3 Å². The summed E-state index contributed by atoms with van der Waals surface area (Å²) in [5.41, 5.74) is 8.33. The van der Waals surface area contributed by atoms with E-state index in [4.69, 9.17) is 5.73 Å². The smallest absolute Gasteiger partial charge is 0.336 e. The molecule has 0 aliphatic heterocycles. The molecule has 2 aromatic carbocycles. The Labute approximate surface area is 143 Å². The molecule has 0 aliphatic carbocycles. The van der Waals surface area contributed by atoms with Gasteiger partial charge in [0.15, 0.2) is 0 Å². The number of thiol groups is 1. The molecule has 0 fully saturated rings. The summed E-state index contributed by atoms with van der Waals surface area (Å²) in [6.45, 7) is 1.86. The second-order valence-electron chi connectivity index (χ2n) is 5.21. The molecule has 0 radical (unpaired) electrons. The maximum absolute atomic E-state index is 12.3. The van der Waals surface area contributed by atoms with E-state index in [1.54, 1.807) is 24.3 Å². The maximum atomic E-state index is 12.3. The van der Waals surface area contributed by atoms with Crippen LogP contribution in [0.4, 0.5) is 16.2 Å². The number of benzene rings is 2. The van der Waals surface area contributed by atoms with Crippen molar-refractivity contribution in [3.05, 3.63) is 53.9 Å². The molecule has 0 bridgehead atoms. The lowest BCUT2D eigenvalue weighted by molar-refractivity contribution is 0.100. The van der Waals surface area contributed by atoms with Crippen LogP contribution in [0.1, 0.15) is 16.2 Å². The lowest BCUT2D eigenvalue weighted by Gasteiger charge is -2.16. The Morgan fingerprint density at radius 1 is 1.21 bits per heavy atom. The van der Waals surface area contributed by atoms with Gasteiger partial charge in [0.1, 0.15) is 5.82 Å². The van der Waals surface area contributed by atoms with Crippen LogP contribution >= 0.6 is 12.8 Å². The van der Waals surface area contributed by atoms with Crippen molar-refractivity contribution in [3.8, 4) is 0 Å². The lowest BCUT2D eigenvalue weighted by atomic mass is 10.2. The fourth-order valence-electron chi connectivity index (χ4n) is 2.27. The summed E-state index contributed by atoms with van der Waals surface area (Å²) in [4.78, 5) is 30.8. The van der Waals surface area contributed by atoms with Crippen LogP contribution in [0.2, 0.25) is 0 Å². The SMILES string of the molecule is Cc1nc2cc(NC(=O)N(S)c3ccc(C(N)=O)cc3)ccc2[nH]1. The Morgan fingerprint density at radius 3 is 2.58 bits per heavy atom. The average molecular weight is 341 g/mol. The minimum atomic E-state index is -0.528. The molecule has 0 unspecified atom stereocenters. The van der Waals surface area contributed by atoms with Crippen LogP contribution in [0.3, 0.4) is 0 Å². The van der Waals surface area contributed by atoms with Crippen LogP contribution in [0.25, 0.3) is 11.0 Å². The molecule has 0 saturated carbocycles. The molecule has 1 heterocycles. The van der Waals surface area contributed by atoms with E-state index in [0.717, 1.165) is 21.2 Å². The molecule has 0 atom stereocenters. The van der Waals surface area contributed by atoms with E-state index >= 15 is 0 Å². The van der Waals surface area contributed by atoms with E-state index in [0.29, 0.717) is 16.9 Å². The number of H-pyrrole nitrogens is 1.